The van der Waals surface area contributed by atoms with Crippen molar-refractivity contribution in [1.29, 1.82) is 0 Å². The summed E-state index contributed by atoms with van der Waals surface area (Å²) in [5.74, 6) is 0.766. The number of nitrogens with one attached hydrogen (secondary N) is 1. The van der Waals surface area contributed by atoms with Gasteiger partial charge in [0.2, 0.25) is 0 Å². The number of hydrogen-bond donors (Lipinski definition) is 1. The van der Waals surface area contributed by atoms with Crippen LogP contribution in [0.4, 0.5) is 0 Å². The van der Waals surface area contributed by atoms with Crippen LogP contribution in [0.5, 0.6) is 0 Å². The number of tetrazole rings is 1. The molecule has 0 aliphatic heterocycles. The van der Waals surface area contributed by atoms with E-state index in [-0.39, 0.29) is 0 Å². The zero-order valence-electron chi connectivity index (χ0n) is 8.48. The molecule has 7 heteroatoms. The van der Waals surface area contributed by atoms with Crippen LogP contribution in [0.2, 0.25) is 5.02 Å². The average molecular weight is 350 g/mol. The van der Waals surface area contributed by atoms with Crippen LogP contribution in [0.25, 0.3) is 5.69 Å². The fourth-order valence-electron chi connectivity index (χ4n) is 1.31. The summed E-state index contributed by atoms with van der Waals surface area (Å²) in [6.45, 7) is 0.617. The van der Waals surface area contributed by atoms with Crippen LogP contribution < -0.4 is 5.32 Å². The maximum atomic E-state index is 5.90. The van der Waals surface area contributed by atoms with Crippen molar-refractivity contribution in [2.24, 2.45) is 0 Å². The summed E-state index contributed by atoms with van der Waals surface area (Å²) in [7, 11) is 1.85. The summed E-state index contributed by atoms with van der Waals surface area (Å²) < 4.78 is 2.71. The lowest BCUT2D eigenvalue weighted by atomic mass is 10.3. The minimum absolute atomic E-state index is 0.617. The van der Waals surface area contributed by atoms with Crippen LogP contribution >= 0.6 is 34.2 Å². The van der Waals surface area contributed by atoms with Crippen LogP contribution in [0.3, 0.4) is 0 Å². The number of hydrogen-bond acceptors (Lipinski definition) is 4. The molecule has 0 atom stereocenters. The molecule has 1 aromatic carbocycles. The zero-order valence-corrected chi connectivity index (χ0v) is 11.4. The van der Waals surface area contributed by atoms with E-state index in [0.29, 0.717) is 11.6 Å². The molecule has 0 fully saturated rings. The Bertz CT molecular complexity index is 498. The Balaban J connectivity index is 2.46. The Morgan fingerprint density at radius 3 is 3.00 bits per heavy atom. The molecular weight excluding hydrogens is 340 g/mol. The average Bonchev–Trinajstić information content (AvgIpc) is 2.67. The molecule has 0 aliphatic carbocycles. The third-order valence-electron chi connectivity index (χ3n) is 2.01. The zero-order chi connectivity index (χ0) is 11.5. The van der Waals surface area contributed by atoms with Gasteiger partial charge in [-0.3, -0.25) is 0 Å². The highest BCUT2D eigenvalue weighted by Crippen LogP contribution is 2.21. The van der Waals surface area contributed by atoms with Crippen LogP contribution in [-0.4, -0.2) is 27.3 Å². The van der Waals surface area contributed by atoms with Crippen molar-refractivity contribution in [1.82, 2.24) is 25.5 Å². The Morgan fingerprint density at radius 1 is 1.50 bits per heavy atom. The van der Waals surface area contributed by atoms with E-state index in [2.05, 4.69) is 43.4 Å². The van der Waals surface area contributed by atoms with Gasteiger partial charge >= 0.3 is 0 Å². The molecule has 0 unspecified atom stereocenters. The smallest absolute Gasteiger partial charge is 0.170 e. The van der Waals surface area contributed by atoms with Crippen molar-refractivity contribution < 1.29 is 0 Å². The maximum absolute atomic E-state index is 5.90. The van der Waals surface area contributed by atoms with Crippen molar-refractivity contribution in [2.45, 2.75) is 6.54 Å². The van der Waals surface area contributed by atoms with Crippen molar-refractivity contribution >= 4 is 34.2 Å². The lowest BCUT2D eigenvalue weighted by molar-refractivity contribution is 0.707. The highest BCUT2D eigenvalue weighted by molar-refractivity contribution is 14.1. The second kappa shape index (κ2) is 5.07. The molecule has 1 aromatic heterocycles. The van der Waals surface area contributed by atoms with Gasteiger partial charge < -0.3 is 5.32 Å². The molecule has 2 aromatic rings. The van der Waals surface area contributed by atoms with E-state index in [1.165, 1.54) is 0 Å². The van der Waals surface area contributed by atoms with Gasteiger partial charge in [-0.1, -0.05) is 11.6 Å². The molecule has 0 amide bonds. The Morgan fingerprint density at radius 2 is 2.31 bits per heavy atom. The summed E-state index contributed by atoms with van der Waals surface area (Å²) >= 11 is 8.11. The molecular formula is C9H9ClIN5. The summed E-state index contributed by atoms with van der Waals surface area (Å²) in [4.78, 5) is 0. The maximum Gasteiger partial charge on any atom is 0.170 e. The molecule has 0 spiro atoms. The Kier molecular flexibility index (Phi) is 3.72. The van der Waals surface area contributed by atoms with Gasteiger partial charge in [-0.2, -0.15) is 4.68 Å². The molecule has 0 saturated carbocycles. The van der Waals surface area contributed by atoms with Crippen LogP contribution in [0, 0.1) is 3.57 Å². The van der Waals surface area contributed by atoms with Crippen molar-refractivity contribution in [3.63, 3.8) is 0 Å². The van der Waals surface area contributed by atoms with E-state index in [1.807, 2.05) is 25.2 Å². The fourth-order valence-corrected chi connectivity index (χ4v) is 2.41. The normalized spacial score (nSPS) is 10.7. The predicted molar refractivity (Wildman–Crippen MR) is 69.6 cm³/mol. The molecule has 1 heterocycles. The van der Waals surface area contributed by atoms with E-state index < -0.39 is 0 Å². The van der Waals surface area contributed by atoms with Crippen LogP contribution in [0.15, 0.2) is 18.2 Å². The highest BCUT2D eigenvalue weighted by atomic mass is 127. The highest BCUT2D eigenvalue weighted by Gasteiger charge is 2.10. The van der Waals surface area contributed by atoms with Gasteiger partial charge in [0.15, 0.2) is 5.82 Å². The second-order valence-corrected chi connectivity index (χ2v) is 4.73. The van der Waals surface area contributed by atoms with Crippen molar-refractivity contribution in [3.8, 4) is 5.69 Å². The third kappa shape index (κ3) is 2.33. The van der Waals surface area contributed by atoms with Gasteiger partial charge in [-0.05, 0) is 58.3 Å². The van der Waals surface area contributed by atoms with Crippen LogP contribution in [-0.2, 0) is 6.54 Å². The van der Waals surface area contributed by atoms with Crippen LogP contribution in [0.1, 0.15) is 5.82 Å². The molecule has 1 N–H and O–H groups in total. The van der Waals surface area contributed by atoms with Gasteiger partial charge in [0.25, 0.3) is 0 Å². The van der Waals surface area contributed by atoms with Gasteiger partial charge in [0.05, 0.1) is 12.2 Å². The van der Waals surface area contributed by atoms with E-state index >= 15 is 0 Å². The molecule has 0 saturated heterocycles. The summed E-state index contributed by atoms with van der Waals surface area (Å²) in [5, 5.41) is 15.3. The minimum atomic E-state index is 0.617. The lowest BCUT2D eigenvalue weighted by Gasteiger charge is -2.06. The molecule has 0 aliphatic rings. The topological polar surface area (TPSA) is 55.6 Å². The van der Waals surface area contributed by atoms with E-state index in [9.17, 15) is 0 Å². The summed E-state index contributed by atoms with van der Waals surface area (Å²) in [6.07, 6.45) is 0. The van der Waals surface area contributed by atoms with Crippen molar-refractivity contribution in [2.75, 3.05) is 7.05 Å². The molecule has 2 rings (SSSR count). The number of nitrogens with zero attached hydrogens (tertiary/aromatic N) is 4. The minimum Gasteiger partial charge on any atom is -0.313 e. The van der Waals surface area contributed by atoms with E-state index in [4.69, 9.17) is 11.6 Å². The van der Waals surface area contributed by atoms with Crippen molar-refractivity contribution in [3.05, 3.63) is 32.6 Å². The van der Waals surface area contributed by atoms with Gasteiger partial charge in [0.1, 0.15) is 0 Å². The summed E-state index contributed by atoms with van der Waals surface area (Å²) in [6, 6.07) is 5.60. The number of rotatable bonds is 3. The molecule has 0 radical (unpaired) electrons. The first kappa shape index (κ1) is 11.7. The molecule has 84 valence electrons. The first-order valence-corrected chi connectivity index (χ1v) is 6.05. The molecule has 16 heavy (non-hydrogen) atoms. The first-order chi connectivity index (χ1) is 7.72. The number of halogens is 2. The monoisotopic (exact) mass is 349 g/mol. The number of benzene rings is 1. The standard InChI is InChI=1S/C9H9ClIN5/c1-12-5-9-13-14-15-16(9)8-3-2-6(10)4-7(8)11/h2-4,12H,5H2,1H3. The van der Waals surface area contributed by atoms with Gasteiger partial charge in [-0.15, -0.1) is 5.10 Å². The molecule has 0 bridgehead atoms. The van der Waals surface area contributed by atoms with E-state index in [0.717, 1.165) is 15.1 Å². The first-order valence-electron chi connectivity index (χ1n) is 4.59. The van der Waals surface area contributed by atoms with Gasteiger partial charge in [-0.25, -0.2) is 0 Å². The van der Waals surface area contributed by atoms with Gasteiger partial charge in [0, 0.05) is 8.59 Å². The predicted octanol–water partition coefficient (Wildman–Crippen LogP) is 1.64. The third-order valence-corrected chi connectivity index (χ3v) is 3.11. The fraction of sp³-hybridized carbons (Fsp3) is 0.222. The Hall–Kier alpha value is -0.730. The SMILES string of the molecule is CNCc1nnnn1-c1ccc(Cl)cc1I. The summed E-state index contributed by atoms with van der Waals surface area (Å²) in [5.41, 5.74) is 0.931. The Labute approximate surface area is 111 Å². The lowest BCUT2D eigenvalue weighted by Crippen LogP contribution is -2.12. The molecule has 5 nitrogen and oxygen atoms in total. The quantitative estimate of drug-likeness (QED) is 0.856. The van der Waals surface area contributed by atoms with E-state index in [1.54, 1.807) is 4.68 Å². The largest absolute Gasteiger partial charge is 0.313 e. The number of aromatic nitrogens is 4. The second-order valence-electron chi connectivity index (χ2n) is 3.13.